The van der Waals surface area contributed by atoms with Crippen molar-refractivity contribution in [2.75, 3.05) is 7.05 Å². The average molecular weight is 569 g/mol. The lowest BCUT2D eigenvalue weighted by Gasteiger charge is -2.27. The number of nitrogens with zero attached hydrogens (tertiary/aromatic N) is 1. The van der Waals surface area contributed by atoms with Crippen LogP contribution in [0.1, 0.15) is 187 Å². The van der Waals surface area contributed by atoms with E-state index in [4.69, 9.17) is 0 Å². The molecule has 1 N–H and O–H groups in total. The van der Waals surface area contributed by atoms with Crippen LogP contribution in [0.25, 0.3) is 0 Å². The zero-order valence-corrected chi connectivity index (χ0v) is 27.8. The second-order valence-corrected chi connectivity index (χ2v) is 13.2. The van der Waals surface area contributed by atoms with Crippen molar-refractivity contribution in [2.45, 2.75) is 187 Å². The molecule has 0 heterocycles. The van der Waals surface area contributed by atoms with Gasteiger partial charge < -0.3 is 5.32 Å². The van der Waals surface area contributed by atoms with Crippen molar-refractivity contribution in [3.63, 3.8) is 0 Å². The van der Waals surface area contributed by atoms with Crippen LogP contribution >= 0.6 is 0 Å². The second-order valence-electron chi connectivity index (χ2n) is 13.2. The number of aliphatic imine (C=N–C) groups is 1. The van der Waals surface area contributed by atoms with Gasteiger partial charge in [-0.2, -0.15) is 0 Å². The maximum atomic E-state index is 14.0. The molecule has 41 heavy (non-hydrogen) atoms. The van der Waals surface area contributed by atoms with Crippen molar-refractivity contribution in [3.05, 3.63) is 22.9 Å². The van der Waals surface area contributed by atoms with Gasteiger partial charge in [-0.1, -0.05) is 142 Å². The minimum Gasteiger partial charge on any atom is -0.324 e. The normalized spacial score (nSPS) is 20.5. The van der Waals surface area contributed by atoms with Gasteiger partial charge in [-0.05, 0) is 68.4 Å². The summed E-state index contributed by atoms with van der Waals surface area (Å²) in [6, 6.07) is 0. The van der Waals surface area contributed by atoms with E-state index < -0.39 is 0 Å². The summed E-state index contributed by atoms with van der Waals surface area (Å²) in [6.07, 6.45) is 38.8. The largest absolute Gasteiger partial charge is 0.324 e. The molecule has 236 valence electrons. The molecule has 0 bridgehead atoms. The first kappa shape index (κ1) is 35.8. The van der Waals surface area contributed by atoms with Crippen LogP contribution in [0.4, 0.5) is 0 Å². The first-order valence-corrected chi connectivity index (χ1v) is 18.4. The smallest absolute Gasteiger partial charge is 0.227 e. The molecule has 1 fully saturated rings. The van der Waals surface area contributed by atoms with Gasteiger partial charge in [0, 0.05) is 19.2 Å². The second kappa shape index (κ2) is 24.1. The average Bonchev–Trinajstić information content (AvgIpc) is 3.04. The minimum absolute atomic E-state index is 0.138. The summed E-state index contributed by atoms with van der Waals surface area (Å²) in [5, 5.41) is 3.57. The fraction of sp³-hybridized carbons (Fsp3) is 0.842. The molecular formula is C38H68N2O. The zero-order chi connectivity index (χ0) is 29.4. The van der Waals surface area contributed by atoms with E-state index in [1.54, 1.807) is 0 Å². The van der Waals surface area contributed by atoms with Crippen molar-refractivity contribution >= 4 is 12.1 Å². The number of allylic oxidation sites excluding steroid dienone is 4. The van der Waals surface area contributed by atoms with Crippen molar-refractivity contribution in [2.24, 2.45) is 16.8 Å². The van der Waals surface area contributed by atoms with Gasteiger partial charge in [0.15, 0.2) is 0 Å². The van der Waals surface area contributed by atoms with Crippen LogP contribution in [-0.2, 0) is 4.79 Å². The molecule has 2 aliphatic rings. The number of hydrogen-bond donors (Lipinski definition) is 1. The van der Waals surface area contributed by atoms with Gasteiger partial charge in [0.05, 0.1) is 5.70 Å². The molecule has 0 saturated heterocycles. The first-order valence-electron chi connectivity index (χ1n) is 18.4. The summed E-state index contributed by atoms with van der Waals surface area (Å²) in [5.41, 5.74) is 4.02. The van der Waals surface area contributed by atoms with Crippen LogP contribution in [0.2, 0.25) is 0 Å². The van der Waals surface area contributed by atoms with Crippen molar-refractivity contribution in [1.29, 1.82) is 0 Å². The molecule has 1 saturated carbocycles. The van der Waals surface area contributed by atoms with E-state index in [0.717, 1.165) is 25.0 Å². The monoisotopic (exact) mass is 569 g/mol. The molecule has 0 aliphatic heterocycles. The number of nitrogens with one attached hydrogen (secondary N) is 1. The van der Waals surface area contributed by atoms with E-state index in [0.29, 0.717) is 5.92 Å². The van der Waals surface area contributed by atoms with Gasteiger partial charge in [-0.3, -0.25) is 9.79 Å². The highest BCUT2D eigenvalue weighted by Crippen LogP contribution is 2.35. The number of unbranched alkanes of at least 4 members (excludes halogenated alkanes) is 5. The van der Waals surface area contributed by atoms with Crippen molar-refractivity contribution in [1.82, 2.24) is 5.32 Å². The highest BCUT2D eigenvalue weighted by Gasteiger charge is 2.25. The third-order valence-corrected chi connectivity index (χ3v) is 9.64. The number of carbonyl (C=O) groups excluding carboxylic acids is 1. The Morgan fingerprint density at radius 3 is 1.93 bits per heavy atom. The molecule has 0 aromatic rings. The topological polar surface area (TPSA) is 41.5 Å². The fourth-order valence-corrected chi connectivity index (χ4v) is 7.12. The molecule has 1 amide bonds. The Kier molecular flexibility index (Phi) is 21.1. The van der Waals surface area contributed by atoms with E-state index in [-0.39, 0.29) is 11.8 Å². The summed E-state index contributed by atoms with van der Waals surface area (Å²) in [5.74, 6) is 0.903. The van der Waals surface area contributed by atoms with Crippen LogP contribution in [0, 0.1) is 11.8 Å². The lowest BCUT2D eigenvalue weighted by molar-refractivity contribution is -0.124. The Hall–Kier alpha value is -1.38. The number of rotatable bonds is 14. The summed E-state index contributed by atoms with van der Waals surface area (Å²) < 4.78 is 0. The van der Waals surface area contributed by atoms with Crippen LogP contribution in [0.3, 0.4) is 0 Å². The van der Waals surface area contributed by atoms with Gasteiger partial charge in [-0.25, -0.2) is 0 Å². The van der Waals surface area contributed by atoms with E-state index in [1.165, 1.54) is 165 Å². The summed E-state index contributed by atoms with van der Waals surface area (Å²) in [4.78, 5) is 18.5. The van der Waals surface area contributed by atoms with E-state index in [9.17, 15) is 4.79 Å². The number of amides is 1. The lowest BCUT2D eigenvalue weighted by atomic mass is 9.80. The molecule has 0 aromatic heterocycles. The van der Waals surface area contributed by atoms with Crippen LogP contribution in [0.5, 0.6) is 0 Å². The van der Waals surface area contributed by atoms with Gasteiger partial charge >= 0.3 is 0 Å². The standard InChI is InChI=1S/C38H68N2O/c1-4-6-8-21-27-33(26-20-7-5-2)37(34-28-22-16-12-9-10-13-17-23-29-34)36(32-39-3)40-38(41)35-30-24-18-14-11-15-19-25-31-35/h28,32-33,35H,4-27,29-31H2,1-3H3,(H,40,41)/b34-28?,37-36+,39-32-. The summed E-state index contributed by atoms with van der Waals surface area (Å²) >= 11 is 0. The minimum atomic E-state index is 0.138. The summed E-state index contributed by atoms with van der Waals surface area (Å²) in [7, 11) is 1.88. The molecule has 1 unspecified atom stereocenters. The van der Waals surface area contributed by atoms with E-state index in [1.807, 2.05) is 13.3 Å². The van der Waals surface area contributed by atoms with Gasteiger partial charge in [0.25, 0.3) is 0 Å². The predicted octanol–water partition coefficient (Wildman–Crippen LogP) is 11.8. The number of carbonyl (C=O) groups is 1. The first-order chi connectivity index (χ1) is 20.2. The van der Waals surface area contributed by atoms with Crippen LogP contribution in [-0.4, -0.2) is 19.2 Å². The summed E-state index contributed by atoms with van der Waals surface area (Å²) in [6.45, 7) is 4.62. The van der Waals surface area contributed by atoms with Crippen molar-refractivity contribution < 1.29 is 4.79 Å². The Morgan fingerprint density at radius 2 is 1.32 bits per heavy atom. The highest BCUT2D eigenvalue weighted by molar-refractivity contribution is 5.90. The highest BCUT2D eigenvalue weighted by atomic mass is 16.1. The quantitative estimate of drug-likeness (QED) is 0.164. The molecular weight excluding hydrogens is 500 g/mol. The third-order valence-electron chi connectivity index (χ3n) is 9.64. The molecule has 3 heteroatoms. The van der Waals surface area contributed by atoms with E-state index in [2.05, 4.69) is 30.2 Å². The molecule has 0 spiro atoms. The van der Waals surface area contributed by atoms with Gasteiger partial charge in [-0.15, -0.1) is 0 Å². The Labute approximate surface area is 255 Å². The third kappa shape index (κ3) is 15.6. The Balaban J connectivity index is 2.46. The molecule has 2 aliphatic carbocycles. The maximum Gasteiger partial charge on any atom is 0.227 e. The Bertz CT molecular complexity index is 754. The fourth-order valence-electron chi connectivity index (χ4n) is 7.12. The van der Waals surface area contributed by atoms with Crippen molar-refractivity contribution in [3.8, 4) is 0 Å². The zero-order valence-electron chi connectivity index (χ0n) is 27.8. The Morgan fingerprint density at radius 1 is 0.780 bits per heavy atom. The van der Waals surface area contributed by atoms with Crippen LogP contribution < -0.4 is 5.32 Å². The molecule has 0 aromatic carbocycles. The van der Waals surface area contributed by atoms with E-state index >= 15 is 0 Å². The van der Waals surface area contributed by atoms with Gasteiger partial charge in [0.1, 0.15) is 0 Å². The molecule has 1 atom stereocenters. The molecule has 0 radical (unpaired) electrons. The predicted molar refractivity (Wildman–Crippen MR) is 181 cm³/mol. The maximum absolute atomic E-state index is 14.0. The molecule has 2 rings (SSSR count). The van der Waals surface area contributed by atoms with Crippen LogP contribution in [0.15, 0.2) is 27.9 Å². The SMILES string of the molecule is CCCCCCC(CCCCC)/C(C1=CCCCCCCCCC1)=C(/C=N\C)NC(=O)C1CCCCCCCCC1. The van der Waals surface area contributed by atoms with Gasteiger partial charge in [0.2, 0.25) is 5.91 Å². The lowest BCUT2D eigenvalue weighted by Crippen LogP contribution is -2.33. The molecule has 3 nitrogen and oxygen atoms in total. The number of hydrogen-bond acceptors (Lipinski definition) is 2.